The summed E-state index contributed by atoms with van der Waals surface area (Å²) in [6.07, 6.45) is 0.844. The topological polar surface area (TPSA) is 94.0 Å². The standard InChI is InChI=1S/C13H14Cl2N6O2S/c1-3-4-21-12(18-19-20-21)17-13(24)16-11(22)8-5-7(14)6-9(15)10(8)23-2/h5-6H,3-4H2,1-2H3,(H2,16,17,18,20,22,24). The van der Waals surface area contributed by atoms with Gasteiger partial charge in [-0.25, -0.2) is 4.68 Å². The second kappa shape index (κ2) is 8.22. The molecule has 0 spiro atoms. The first-order valence-corrected chi connectivity index (χ1v) is 8.04. The molecule has 0 fully saturated rings. The van der Waals surface area contributed by atoms with Gasteiger partial charge in [-0.1, -0.05) is 35.2 Å². The van der Waals surface area contributed by atoms with Crippen LogP contribution >= 0.6 is 35.4 Å². The van der Waals surface area contributed by atoms with E-state index < -0.39 is 5.91 Å². The first-order valence-electron chi connectivity index (χ1n) is 6.87. The van der Waals surface area contributed by atoms with Crippen molar-refractivity contribution >= 4 is 52.4 Å². The molecule has 0 saturated carbocycles. The van der Waals surface area contributed by atoms with Crippen molar-refractivity contribution in [2.24, 2.45) is 0 Å². The molecule has 2 rings (SSSR count). The maximum absolute atomic E-state index is 12.4. The SMILES string of the molecule is CCCn1nnnc1NC(=S)NC(=O)c1cc(Cl)cc(Cl)c1OC. The number of ether oxygens (including phenoxy) is 1. The molecule has 0 aliphatic rings. The number of tetrazole rings is 1. The lowest BCUT2D eigenvalue weighted by Crippen LogP contribution is -2.35. The Hall–Kier alpha value is -1.97. The fraction of sp³-hybridized carbons (Fsp3) is 0.308. The number of amides is 1. The summed E-state index contributed by atoms with van der Waals surface area (Å²) in [5.41, 5.74) is 0.160. The lowest BCUT2D eigenvalue weighted by molar-refractivity contribution is 0.0974. The summed E-state index contributed by atoms with van der Waals surface area (Å²) in [4.78, 5) is 12.4. The summed E-state index contributed by atoms with van der Waals surface area (Å²) in [5.74, 6) is 0.0127. The van der Waals surface area contributed by atoms with Crippen LogP contribution in [-0.4, -0.2) is 38.3 Å². The van der Waals surface area contributed by atoms with E-state index in [0.717, 1.165) is 6.42 Å². The number of halogens is 2. The zero-order chi connectivity index (χ0) is 17.7. The van der Waals surface area contributed by atoms with Gasteiger partial charge in [-0.3, -0.25) is 15.4 Å². The highest BCUT2D eigenvalue weighted by molar-refractivity contribution is 7.80. The first-order chi connectivity index (χ1) is 11.5. The minimum Gasteiger partial charge on any atom is -0.494 e. The Bertz CT molecular complexity index is 767. The van der Waals surface area contributed by atoms with Crippen molar-refractivity contribution < 1.29 is 9.53 Å². The molecule has 0 aliphatic heterocycles. The molecule has 1 aromatic carbocycles. The Morgan fingerprint density at radius 1 is 1.42 bits per heavy atom. The molecule has 0 atom stereocenters. The van der Waals surface area contributed by atoms with Gasteiger partial charge in [0, 0.05) is 11.6 Å². The fourth-order valence-corrected chi connectivity index (χ4v) is 2.65. The van der Waals surface area contributed by atoms with Crippen LogP contribution in [0.3, 0.4) is 0 Å². The molecule has 1 amide bonds. The van der Waals surface area contributed by atoms with Crippen LogP contribution in [0.5, 0.6) is 5.75 Å². The van der Waals surface area contributed by atoms with Crippen LogP contribution in [0.4, 0.5) is 5.95 Å². The Labute approximate surface area is 153 Å². The van der Waals surface area contributed by atoms with Gasteiger partial charge in [-0.05, 0) is 41.2 Å². The molecule has 2 aromatic rings. The van der Waals surface area contributed by atoms with Crippen LogP contribution < -0.4 is 15.4 Å². The van der Waals surface area contributed by atoms with Crippen molar-refractivity contribution in [1.29, 1.82) is 0 Å². The summed E-state index contributed by atoms with van der Waals surface area (Å²) in [5, 5.41) is 17.0. The van der Waals surface area contributed by atoms with Crippen LogP contribution in [0.15, 0.2) is 12.1 Å². The molecule has 8 nitrogen and oxygen atoms in total. The number of carbonyl (C=O) groups is 1. The minimum absolute atomic E-state index is 0.0327. The van der Waals surface area contributed by atoms with E-state index in [1.165, 1.54) is 23.9 Å². The lowest BCUT2D eigenvalue weighted by Gasteiger charge is -2.12. The van der Waals surface area contributed by atoms with Gasteiger partial charge in [-0.15, -0.1) is 0 Å². The predicted molar refractivity (Wildman–Crippen MR) is 94.8 cm³/mol. The molecule has 0 bridgehead atoms. The van der Waals surface area contributed by atoms with Gasteiger partial charge < -0.3 is 4.74 Å². The molecule has 0 unspecified atom stereocenters. The van der Waals surface area contributed by atoms with E-state index in [2.05, 4.69) is 26.2 Å². The Kier molecular flexibility index (Phi) is 6.29. The third kappa shape index (κ3) is 4.31. The number of carbonyl (C=O) groups excluding carboxylic acids is 1. The molecule has 24 heavy (non-hydrogen) atoms. The van der Waals surface area contributed by atoms with Gasteiger partial charge in [0.25, 0.3) is 5.91 Å². The Morgan fingerprint density at radius 3 is 2.83 bits per heavy atom. The molecular formula is C13H14Cl2N6O2S. The van der Waals surface area contributed by atoms with Crippen LogP contribution in [0.2, 0.25) is 10.0 Å². The molecule has 11 heteroatoms. The van der Waals surface area contributed by atoms with Crippen LogP contribution in [-0.2, 0) is 6.54 Å². The molecule has 0 saturated heterocycles. The van der Waals surface area contributed by atoms with Gasteiger partial charge >= 0.3 is 0 Å². The Balaban J connectivity index is 2.12. The van der Waals surface area contributed by atoms with Crippen molar-refractivity contribution in [3.63, 3.8) is 0 Å². The Morgan fingerprint density at radius 2 is 2.17 bits per heavy atom. The van der Waals surface area contributed by atoms with Crippen LogP contribution in [0.25, 0.3) is 0 Å². The van der Waals surface area contributed by atoms with Crippen molar-refractivity contribution in [3.8, 4) is 5.75 Å². The van der Waals surface area contributed by atoms with E-state index in [4.69, 9.17) is 40.2 Å². The summed E-state index contributed by atoms with van der Waals surface area (Å²) in [6, 6.07) is 2.92. The molecule has 1 aromatic heterocycles. The molecule has 1 heterocycles. The number of aromatic nitrogens is 4. The van der Waals surface area contributed by atoms with E-state index in [9.17, 15) is 4.79 Å². The smallest absolute Gasteiger partial charge is 0.261 e. The third-order valence-electron chi connectivity index (χ3n) is 2.88. The van der Waals surface area contributed by atoms with E-state index >= 15 is 0 Å². The highest BCUT2D eigenvalue weighted by Gasteiger charge is 2.18. The fourth-order valence-electron chi connectivity index (χ4n) is 1.90. The molecule has 2 N–H and O–H groups in total. The quantitative estimate of drug-likeness (QED) is 0.759. The number of aryl methyl sites for hydroxylation is 1. The number of hydrogen-bond acceptors (Lipinski definition) is 6. The molecular weight excluding hydrogens is 375 g/mol. The number of thiocarbonyl (C=S) groups is 1. The van der Waals surface area contributed by atoms with Crippen molar-refractivity contribution in [1.82, 2.24) is 25.5 Å². The van der Waals surface area contributed by atoms with Crippen molar-refractivity contribution in [3.05, 3.63) is 27.7 Å². The largest absolute Gasteiger partial charge is 0.494 e. The van der Waals surface area contributed by atoms with E-state index in [1.807, 2.05) is 6.92 Å². The second-order valence-corrected chi connectivity index (χ2v) is 5.85. The highest BCUT2D eigenvalue weighted by atomic mass is 35.5. The average molecular weight is 389 g/mol. The van der Waals surface area contributed by atoms with Crippen LogP contribution in [0.1, 0.15) is 23.7 Å². The number of nitrogens with zero attached hydrogens (tertiary/aromatic N) is 4. The minimum atomic E-state index is -0.525. The maximum atomic E-state index is 12.4. The number of nitrogens with one attached hydrogen (secondary N) is 2. The zero-order valence-corrected chi connectivity index (χ0v) is 15.2. The van der Waals surface area contributed by atoms with Crippen molar-refractivity contribution in [2.45, 2.75) is 19.9 Å². The number of benzene rings is 1. The van der Waals surface area contributed by atoms with E-state index in [-0.39, 0.29) is 21.4 Å². The van der Waals surface area contributed by atoms with E-state index in [0.29, 0.717) is 17.5 Å². The normalized spacial score (nSPS) is 10.3. The van der Waals surface area contributed by atoms with E-state index in [1.54, 1.807) is 0 Å². The average Bonchev–Trinajstić information content (AvgIpc) is 2.93. The third-order valence-corrected chi connectivity index (χ3v) is 3.58. The van der Waals surface area contributed by atoms with Crippen LogP contribution in [0, 0.1) is 0 Å². The first kappa shape index (κ1) is 18.4. The van der Waals surface area contributed by atoms with Gasteiger partial charge in [0.2, 0.25) is 5.95 Å². The summed E-state index contributed by atoms with van der Waals surface area (Å²) in [6.45, 7) is 2.60. The molecule has 128 valence electrons. The lowest BCUT2D eigenvalue weighted by atomic mass is 10.2. The summed E-state index contributed by atoms with van der Waals surface area (Å²) in [7, 11) is 1.40. The van der Waals surface area contributed by atoms with Gasteiger partial charge in [-0.2, -0.15) is 0 Å². The van der Waals surface area contributed by atoms with Gasteiger partial charge in [0.15, 0.2) is 5.11 Å². The predicted octanol–water partition coefficient (Wildman–Crippen LogP) is 2.53. The van der Waals surface area contributed by atoms with Crippen molar-refractivity contribution in [2.75, 3.05) is 12.4 Å². The molecule has 0 aliphatic carbocycles. The van der Waals surface area contributed by atoms with Gasteiger partial charge in [0.1, 0.15) is 5.75 Å². The number of methoxy groups -OCH3 is 1. The summed E-state index contributed by atoms with van der Waals surface area (Å²) < 4.78 is 6.68. The zero-order valence-electron chi connectivity index (χ0n) is 12.8. The highest BCUT2D eigenvalue weighted by Crippen LogP contribution is 2.32. The number of anilines is 1. The van der Waals surface area contributed by atoms with Gasteiger partial charge in [0.05, 0.1) is 17.7 Å². The number of hydrogen-bond donors (Lipinski definition) is 2. The number of rotatable bonds is 5. The summed E-state index contributed by atoms with van der Waals surface area (Å²) >= 11 is 17.1. The second-order valence-electron chi connectivity index (χ2n) is 4.60. The molecule has 0 radical (unpaired) electrons. The maximum Gasteiger partial charge on any atom is 0.261 e. The monoisotopic (exact) mass is 388 g/mol.